The van der Waals surface area contributed by atoms with E-state index in [1.807, 2.05) is 49.4 Å². The van der Waals surface area contributed by atoms with E-state index < -0.39 is 6.10 Å². The second-order valence-corrected chi connectivity index (χ2v) is 5.13. The van der Waals surface area contributed by atoms with Crippen molar-refractivity contribution in [1.82, 2.24) is 5.32 Å². The number of nitrogens with one attached hydrogen (secondary N) is 1. The third-order valence-corrected chi connectivity index (χ3v) is 3.21. The topological polar surface area (TPSA) is 47.6 Å². The molecule has 0 spiro atoms. The second-order valence-electron chi connectivity index (χ2n) is 5.13. The summed E-state index contributed by atoms with van der Waals surface area (Å²) in [6, 6.07) is 13.8. The lowest BCUT2D eigenvalue weighted by atomic mass is 10.1. The number of rotatable bonds is 6. The minimum atomic E-state index is -0.550. The lowest BCUT2D eigenvalue weighted by Gasteiger charge is -2.18. The number of carbonyl (C=O) groups is 1. The average Bonchev–Trinajstić information content (AvgIpc) is 2.47. The molecule has 0 aliphatic rings. The lowest BCUT2D eigenvalue weighted by Crippen LogP contribution is -2.43. The van der Waals surface area contributed by atoms with Gasteiger partial charge < -0.3 is 14.8 Å². The number of fused-ring (bicyclic) bond motifs is 1. The molecule has 0 unspecified atom stereocenters. The van der Waals surface area contributed by atoms with Crippen molar-refractivity contribution >= 4 is 16.7 Å². The summed E-state index contributed by atoms with van der Waals surface area (Å²) < 4.78 is 10.7. The zero-order chi connectivity index (χ0) is 15.2. The van der Waals surface area contributed by atoms with Gasteiger partial charge in [-0.3, -0.25) is 4.79 Å². The third kappa shape index (κ3) is 4.20. The Balaban J connectivity index is 2.00. The van der Waals surface area contributed by atoms with Crippen LogP contribution in [0.3, 0.4) is 0 Å². The Labute approximate surface area is 125 Å². The van der Waals surface area contributed by atoms with Gasteiger partial charge >= 0.3 is 0 Å². The van der Waals surface area contributed by atoms with Crippen LogP contribution in [0.2, 0.25) is 0 Å². The van der Waals surface area contributed by atoms with Crippen molar-refractivity contribution in [3.63, 3.8) is 0 Å². The molecule has 0 saturated carbocycles. The first-order chi connectivity index (χ1) is 10.1. The molecular formula is C17H21NO3. The highest BCUT2D eigenvalue weighted by Crippen LogP contribution is 2.21. The number of carbonyl (C=O) groups excluding carboxylic acids is 1. The normalized spacial score (nSPS) is 13.7. The molecule has 0 bridgehead atoms. The van der Waals surface area contributed by atoms with E-state index in [0.717, 1.165) is 10.8 Å². The molecule has 0 fully saturated rings. The van der Waals surface area contributed by atoms with E-state index >= 15 is 0 Å². The highest BCUT2D eigenvalue weighted by molar-refractivity contribution is 5.84. The molecule has 112 valence electrons. The van der Waals surface area contributed by atoms with Gasteiger partial charge in [-0.15, -0.1) is 0 Å². The van der Waals surface area contributed by atoms with E-state index in [0.29, 0.717) is 12.4 Å². The summed E-state index contributed by atoms with van der Waals surface area (Å²) in [6.07, 6.45) is -0.550. The number of amides is 1. The van der Waals surface area contributed by atoms with Crippen molar-refractivity contribution in [2.24, 2.45) is 0 Å². The first-order valence-corrected chi connectivity index (χ1v) is 7.05. The summed E-state index contributed by atoms with van der Waals surface area (Å²) in [5.41, 5.74) is 0. The van der Waals surface area contributed by atoms with Crippen LogP contribution < -0.4 is 10.1 Å². The SMILES string of the molecule is COC[C@@H](C)NC(=O)[C@H](C)Oc1ccc2ccccc2c1. The molecule has 4 nitrogen and oxygen atoms in total. The zero-order valence-corrected chi connectivity index (χ0v) is 12.6. The first-order valence-electron chi connectivity index (χ1n) is 7.05. The second kappa shape index (κ2) is 7.09. The van der Waals surface area contributed by atoms with Crippen molar-refractivity contribution in [3.8, 4) is 5.75 Å². The predicted octanol–water partition coefficient (Wildman–Crippen LogP) is 2.76. The fourth-order valence-electron chi connectivity index (χ4n) is 2.15. The molecule has 0 aliphatic heterocycles. The summed E-state index contributed by atoms with van der Waals surface area (Å²) in [6.45, 7) is 4.11. The van der Waals surface area contributed by atoms with E-state index in [4.69, 9.17) is 9.47 Å². The number of benzene rings is 2. The number of ether oxygens (including phenoxy) is 2. The molecule has 1 N–H and O–H groups in total. The number of methoxy groups -OCH3 is 1. The molecule has 0 aliphatic carbocycles. The third-order valence-electron chi connectivity index (χ3n) is 3.21. The minimum Gasteiger partial charge on any atom is -0.481 e. The Hall–Kier alpha value is -2.07. The van der Waals surface area contributed by atoms with Gasteiger partial charge in [-0.05, 0) is 36.8 Å². The zero-order valence-electron chi connectivity index (χ0n) is 12.6. The minimum absolute atomic E-state index is 0.0369. The van der Waals surface area contributed by atoms with Crippen LogP contribution >= 0.6 is 0 Å². The van der Waals surface area contributed by atoms with Gasteiger partial charge in [-0.1, -0.05) is 30.3 Å². The van der Waals surface area contributed by atoms with Gasteiger partial charge in [0.05, 0.1) is 6.61 Å². The van der Waals surface area contributed by atoms with E-state index in [1.54, 1.807) is 14.0 Å². The van der Waals surface area contributed by atoms with Crippen LogP contribution in [0, 0.1) is 0 Å². The van der Waals surface area contributed by atoms with Gasteiger partial charge in [-0.25, -0.2) is 0 Å². The lowest BCUT2D eigenvalue weighted by molar-refractivity contribution is -0.128. The van der Waals surface area contributed by atoms with Crippen molar-refractivity contribution < 1.29 is 14.3 Å². The fourth-order valence-corrected chi connectivity index (χ4v) is 2.15. The monoisotopic (exact) mass is 287 g/mol. The molecule has 2 rings (SSSR count). The summed E-state index contributed by atoms with van der Waals surface area (Å²) >= 11 is 0. The van der Waals surface area contributed by atoms with Crippen molar-refractivity contribution in [2.45, 2.75) is 26.0 Å². The van der Waals surface area contributed by atoms with E-state index in [2.05, 4.69) is 5.32 Å². The van der Waals surface area contributed by atoms with Crippen molar-refractivity contribution in [3.05, 3.63) is 42.5 Å². The largest absolute Gasteiger partial charge is 0.481 e. The molecule has 0 radical (unpaired) electrons. The Morgan fingerprint density at radius 1 is 1.14 bits per heavy atom. The molecule has 0 saturated heterocycles. The Kier molecular flexibility index (Phi) is 5.17. The maximum Gasteiger partial charge on any atom is 0.261 e. The smallest absolute Gasteiger partial charge is 0.261 e. The molecule has 2 aromatic rings. The van der Waals surface area contributed by atoms with Crippen LogP contribution in [0.5, 0.6) is 5.75 Å². The molecule has 0 heterocycles. The van der Waals surface area contributed by atoms with E-state index in [-0.39, 0.29) is 11.9 Å². The summed E-state index contributed by atoms with van der Waals surface area (Å²) in [4.78, 5) is 12.0. The molecule has 4 heteroatoms. The van der Waals surface area contributed by atoms with Crippen molar-refractivity contribution in [1.29, 1.82) is 0 Å². The van der Waals surface area contributed by atoms with Gasteiger partial charge in [0.2, 0.25) is 0 Å². The maximum atomic E-state index is 12.0. The molecule has 1 amide bonds. The first kappa shape index (κ1) is 15.3. The van der Waals surface area contributed by atoms with Crippen LogP contribution in [0.4, 0.5) is 0 Å². The van der Waals surface area contributed by atoms with Gasteiger partial charge in [0.1, 0.15) is 5.75 Å². The highest BCUT2D eigenvalue weighted by Gasteiger charge is 2.16. The van der Waals surface area contributed by atoms with Gasteiger partial charge in [0, 0.05) is 13.2 Å². The van der Waals surface area contributed by atoms with Crippen LogP contribution in [-0.4, -0.2) is 31.8 Å². The maximum absolute atomic E-state index is 12.0. The summed E-state index contributed by atoms with van der Waals surface area (Å²) in [5, 5.41) is 5.09. The quantitative estimate of drug-likeness (QED) is 0.888. The Bertz CT molecular complexity index is 612. The van der Waals surface area contributed by atoms with Crippen LogP contribution in [-0.2, 0) is 9.53 Å². The van der Waals surface area contributed by atoms with Crippen LogP contribution in [0.15, 0.2) is 42.5 Å². The average molecular weight is 287 g/mol. The molecular weight excluding hydrogens is 266 g/mol. The summed E-state index contributed by atoms with van der Waals surface area (Å²) in [5.74, 6) is 0.545. The Morgan fingerprint density at radius 3 is 2.57 bits per heavy atom. The highest BCUT2D eigenvalue weighted by atomic mass is 16.5. The van der Waals surface area contributed by atoms with Crippen molar-refractivity contribution in [2.75, 3.05) is 13.7 Å². The van der Waals surface area contributed by atoms with E-state index in [1.165, 1.54) is 0 Å². The van der Waals surface area contributed by atoms with E-state index in [9.17, 15) is 4.79 Å². The number of hydrogen-bond acceptors (Lipinski definition) is 3. The predicted molar refractivity (Wildman–Crippen MR) is 83.5 cm³/mol. The van der Waals surface area contributed by atoms with Crippen LogP contribution in [0.1, 0.15) is 13.8 Å². The van der Waals surface area contributed by atoms with Gasteiger partial charge in [-0.2, -0.15) is 0 Å². The Morgan fingerprint density at radius 2 is 1.86 bits per heavy atom. The fraction of sp³-hybridized carbons (Fsp3) is 0.353. The molecule has 2 aromatic carbocycles. The molecule has 21 heavy (non-hydrogen) atoms. The standard InChI is InChI=1S/C17H21NO3/c1-12(11-20-3)18-17(19)13(2)21-16-9-8-14-6-4-5-7-15(14)10-16/h4-10,12-13H,11H2,1-3H3,(H,18,19)/t12-,13+/m1/s1. The molecule has 2 atom stereocenters. The summed E-state index contributed by atoms with van der Waals surface area (Å²) in [7, 11) is 1.61. The van der Waals surface area contributed by atoms with Gasteiger partial charge in [0.25, 0.3) is 5.91 Å². The molecule has 0 aromatic heterocycles. The van der Waals surface area contributed by atoms with Gasteiger partial charge in [0.15, 0.2) is 6.10 Å². The number of hydrogen-bond donors (Lipinski definition) is 1. The van der Waals surface area contributed by atoms with Crippen LogP contribution in [0.25, 0.3) is 10.8 Å².